The highest BCUT2D eigenvalue weighted by atomic mass is 19.1. The van der Waals surface area contributed by atoms with Gasteiger partial charge in [-0.15, -0.1) is 0 Å². The summed E-state index contributed by atoms with van der Waals surface area (Å²) in [6, 6.07) is 11.5. The van der Waals surface area contributed by atoms with Crippen LogP contribution in [0.15, 0.2) is 48.7 Å². The standard InChI is InChI=1S/C16H11F2NO/c1-20-12-7-13(17)16(14(18)8-12)11-6-10-4-2-3-5-15(10)19-9-11/h2-9H,1H3. The Labute approximate surface area is 114 Å². The smallest absolute Gasteiger partial charge is 0.137 e. The van der Waals surface area contributed by atoms with Gasteiger partial charge in [0, 0.05) is 29.3 Å². The molecule has 20 heavy (non-hydrogen) atoms. The van der Waals surface area contributed by atoms with Crippen molar-refractivity contribution in [2.75, 3.05) is 7.11 Å². The van der Waals surface area contributed by atoms with E-state index in [0.29, 0.717) is 5.56 Å². The van der Waals surface area contributed by atoms with Crippen molar-refractivity contribution in [2.24, 2.45) is 0 Å². The fraction of sp³-hybridized carbons (Fsp3) is 0.0625. The summed E-state index contributed by atoms with van der Waals surface area (Å²) in [7, 11) is 1.37. The largest absolute Gasteiger partial charge is 0.497 e. The van der Waals surface area contributed by atoms with Crippen molar-refractivity contribution in [1.82, 2.24) is 4.98 Å². The number of nitrogens with zero attached hydrogens (tertiary/aromatic N) is 1. The first-order valence-electron chi connectivity index (χ1n) is 6.07. The van der Waals surface area contributed by atoms with E-state index in [1.165, 1.54) is 13.3 Å². The molecule has 3 rings (SSSR count). The highest BCUT2D eigenvalue weighted by Crippen LogP contribution is 2.30. The molecular formula is C16H11F2NO. The van der Waals surface area contributed by atoms with Crippen molar-refractivity contribution in [2.45, 2.75) is 0 Å². The maximum absolute atomic E-state index is 14.0. The van der Waals surface area contributed by atoms with Gasteiger partial charge in [-0.25, -0.2) is 8.78 Å². The maximum atomic E-state index is 14.0. The lowest BCUT2D eigenvalue weighted by Crippen LogP contribution is -1.94. The van der Waals surface area contributed by atoms with Crippen molar-refractivity contribution < 1.29 is 13.5 Å². The molecule has 0 saturated heterocycles. The fourth-order valence-electron chi connectivity index (χ4n) is 2.15. The van der Waals surface area contributed by atoms with Crippen LogP contribution in [0.3, 0.4) is 0 Å². The molecule has 0 atom stereocenters. The molecular weight excluding hydrogens is 260 g/mol. The highest BCUT2D eigenvalue weighted by molar-refractivity contribution is 5.83. The number of benzene rings is 2. The molecule has 0 aliphatic rings. The van der Waals surface area contributed by atoms with Crippen molar-refractivity contribution in [3.63, 3.8) is 0 Å². The first kappa shape index (κ1) is 12.5. The number of aromatic nitrogens is 1. The lowest BCUT2D eigenvalue weighted by molar-refractivity contribution is 0.407. The molecule has 1 heterocycles. The number of ether oxygens (including phenoxy) is 1. The number of rotatable bonds is 2. The van der Waals surface area contributed by atoms with Crippen LogP contribution in [-0.4, -0.2) is 12.1 Å². The van der Waals surface area contributed by atoms with Crippen LogP contribution in [0.5, 0.6) is 5.75 Å². The van der Waals surface area contributed by atoms with E-state index < -0.39 is 11.6 Å². The molecule has 0 amide bonds. The zero-order valence-electron chi connectivity index (χ0n) is 10.7. The molecule has 2 aromatic carbocycles. The predicted molar refractivity (Wildman–Crippen MR) is 73.6 cm³/mol. The minimum Gasteiger partial charge on any atom is -0.497 e. The van der Waals surface area contributed by atoms with Gasteiger partial charge in [-0.2, -0.15) is 0 Å². The van der Waals surface area contributed by atoms with Crippen LogP contribution in [0.1, 0.15) is 0 Å². The summed E-state index contributed by atoms with van der Waals surface area (Å²) in [5.74, 6) is -1.18. The third-order valence-corrected chi connectivity index (χ3v) is 3.13. The van der Waals surface area contributed by atoms with Crippen LogP contribution >= 0.6 is 0 Å². The second-order valence-electron chi connectivity index (χ2n) is 4.38. The molecule has 0 saturated carbocycles. The van der Waals surface area contributed by atoms with Gasteiger partial charge in [0.05, 0.1) is 18.2 Å². The molecule has 0 aliphatic heterocycles. The average molecular weight is 271 g/mol. The molecule has 0 spiro atoms. The maximum Gasteiger partial charge on any atom is 0.137 e. The topological polar surface area (TPSA) is 22.1 Å². The van der Waals surface area contributed by atoms with E-state index >= 15 is 0 Å². The molecule has 0 fully saturated rings. The van der Waals surface area contributed by atoms with Crippen molar-refractivity contribution >= 4 is 10.9 Å². The molecule has 2 nitrogen and oxygen atoms in total. The van der Waals surface area contributed by atoms with Crippen LogP contribution in [-0.2, 0) is 0 Å². The molecule has 3 aromatic rings. The van der Waals surface area contributed by atoms with Crippen molar-refractivity contribution in [3.8, 4) is 16.9 Å². The second kappa shape index (κ2) is 4.89. The number of halogens is 2. The minimum atomic E-state index is -0.668. The van der Waals surface area contributed by atoms with Crippen LogP contribution < -0.4 is 4.74 Å². The first-order chi connectivity index (χ1) is 9.69. The van der Waals surface area contributed by atoms with Crippen LogP contribution in [0.4, 0.5) is 8.78 Å². The van der Waals surface area contributed by atoms with Crippen molar-refractivity contribution in [3.05, 3.63) is 60.3 Å². The number of hydrogen-bond acceptors (Lipinski definition) is 2. The Bertz CT molecular complexity index is 763. The summed E-state index contributed by atoms with van der Waals surface area (Å²) in [4.78, 5) is 4.22. The molecule has 0 radical (unpaired) electrons. The first-order valence-corrected chi connectivity index (χ1v) is 6.07. The predicted octanol–water partition coefficient (Wildman–Crippen LogP) is 4.19. The average Bonchev–Trinajstić information content (AvgIpc) is 2.46. The van der Waals surface area contributed by atoms with Crippen LogP contribution in [0.2, 0.25) is 0 Å². The summed E-state index contributed by atoms with van der Waals surface area (Å²) in [6.45, 7) is 0. The van der Waals surface area contributed by atoms with Gasteiger partial charge in [-0.3, -0.25) is 4.98 Å². The molecule has 4 heteroatoms. The van der Waals surface area contributed by atoms with Gasteiger partial charge < -0.3 is 4.74 Å². The zero-order chi connectivity index (χ0) is 14.1. The van der Waals surface area contributed by atoms with E-state index in [1.807, 2.05) is 24.3 Å². The Morgan fingerprint density at radius 2 is 1.70 bits per heavy atom. The molecule has 100 valence electrons. The Morgan fingerprint density at radius 1 is 1.00 bits per heavy atom. The molecule has 0 aliphatic carbocycles. The molecule has 0 bridgehead atoms. The van der Waals surface area contributed by atoms with Gasteiger partial charge in [0.15, 0.2) is 0 Å². The lowest BCUT2D eigenvalue weighted by Gasteiger charge is -2.08. The zero-order valence-corrected chi connectivity index (χ0v) is 10.7. The third kappa shape index (κ3) is 2.09. The van der Waals surface area contributed by atoms with E-state index in [0.717, 1.165) is 23.0 Å². The Kier molecular flexibility index (Phi) is 3.06. The molecule has 1 aromatic heterocycles. The van der Waals surface area contributed by atoms with Gasteiger partial charge in [0.2, 0.25) is 0 Å². The van der Waals surface area contributed by atoms with Gasteiger partial charge in [0.25, 0.3) is 0 Å². The van der Waals surface area contributed by atoms with E-state index in [-0.39, 0.29) is 11.3 Å². The number of pyridine rings is 1. The summed E-state index contributed by atoms with van der Waals surface area (Å²) < 4.78 is 32.9. The van der Waals surface area contributed by atoms with Gasteiger partial charge in [0.1, 0.15) is 17.4 Å². The lowest BCUT2D eigenvalue weighted by atomic mass is 10.0. The summed E-state index contributed by atoms with van der Waals surface area (Å²) in [5, 5.41) is 0.833. The van der Waals surface area contributed by atoms with Gasteiger partial charge >= 0.3 is 0 Å². The monoisotopic (exact) mass is 271 g/mol. The number of hydrogen-bond donors (Lipinski definition) is 0. The van der Waals surface area contributed by atoms with Crippen molar-refractivity contribution in [1.29, 1.82) is 0 Å². The summed E-state index contributed by atoms with van der Waals surface area (Å²) in [6.07, 6.45) is 1.47. The number of para-hydroxylation sites is 1. The third-order valence-electron chi connectivity index (χ3n) is 3.13. The summed E-state index contributed by atoms with van der Waals surface area (Å²) in [5.41, 5.74) is 1.09. The number of methoxy groups -OCH3 is 1. The Morgan fingerprint density at radius 3 is 2.40 bits per heavy atom. The van der Waals surface area contributed by atoms with E-state index in [4.69, 9.17) is 4.74 Å². The SMILES string of the molecule is COc1cc(F)c(-c2cnc3ccccc3c2)c(F)c1. The molecule has 0 N–H and O–H groups in total. The minimum absolute atomic E-state index is 0.0935. The molecule has 0 unspecified atom stereocenters. The van der Waals surface area contributed by atoms with Crippen LogP contribution in [0.25, 0.3) is 22.0 Å². The highest BCUT2D eigenvalue weighted by Gasteiger charge is 2.14. The van der Waals surface area contributed by atoms with Crippen LogP contribution in [0, 0.1) is 11.6 Å². The normalized spacial score (nSPS) is 10.8. The fourth-order valence-corrected chi connectivity index (χ4v) is 2.15. The quantitative estimate of drug-likeness (QED) is 0.697. The van der Waals surface area contributed by atoms with E-state index in [1.54, 1.807) is 6.07 Å². The Balaban J connectivity index is 2.20. The van der Waals surface area contributed by atoms with Gasteiger partial charge in [-0.1, -0.05) is 18.2 Å². The second-order valence-corrected chi connectivity index (χ2v) is 4.38. The Hall–Kier alpha value is -2.49. The number of fused-ring (bicyclic) bond motifs is 1. The van der Waals surface area contributed by atoms with Gasteiger partial charge in [-0.05, 0) is 12.1 Å². The van der Waals surface area contributed by atoms with E-state index in [9.17, 15) is 8.78 Å². The summed E-state index contributed by atoms with van der Waals surface area (Å²) >= 11 is 0. The van der Waals surface area contributed by atoms with E-state index in [2.05, 4.69) is 4.98 Å².